The fraction of sp³-hybridized carbons (Fsp3) is 0.500. The quantitative estimate of drug-likeness (QED) is 0.795. The fourth-order valence-corrected chi connectivity index (χ4v) is 2.26. The Morgan fingerprint density at radius 1 is 1.43 bits per heavy atom. The summed E-state index contributed by atoms with van der Waals surface area (Å²) in [4.78, 5) is 2.56. The van der Waals surface area contributed by atoms with Gasteiger partial charge in [0.25, 0.3) is 0 Å². The molecular weight excluding hydrogens is 238 g/mol. The molecule has 1 saturated carbocycles. The van der Waals surface area contributed by atoms with E-state index in [1.807, 2.05) is 0 Å². The molecule has 1 fully saturated rings. The second-order valence-electron chi connectivity index (χ2n) is 3.92. The lowest BCUT2D eigenvalue weighted by Gasteiger charge is -2.19. The molecule has 14 heavy (non-hydrogen) atoms. The molecule has 0 N–H and O–H groups in total. The Labute approximate surface area is 94.2 Å². The van der Waals surface area contributed by atoms with Crippen LogP contribution in [-0.4, -0.2) is 17.5 Å². The van der Waals surface area contributed by atoms with Crippen molar-refractivity contribution in [3.8, 4) is 0 Å². The minimum Gasteiger partial charge on any atom is -0.296 e. The van der Waals surface area contributed by atoms with E-state index >= 15 is 0 Å². The second-order valence-corrected chi connectivity index (χ2v) is 4.84. The molecule has 2 rings (SSSR count). The Morgan fingerprint density at radius 3 is 2.79 bits per heavy atom. The minimum atomic E-state index is 0.860. The van der Waals surface area contributed by atoms with Crippen LogP contribution in [0.5, 0.6) is 0 Å². The van der Waals surface area contributed by atoms with Crippen molar-refractivity contribution in [2.75, 3.05) is 6.54 Å². The molecule has 0 saturated heterocycles. The van der Waals surface area contributed by atoms with Crippen LogP contribution in [0.4, 0.5) is 0 Å². The van der Waals surface area contributed by atoms with E-state index in [9.17, 15) is 0 Å². The first-order valence-electron chi connectivity index (χ1n) is 5.28. The summed E-state index contributed by atoms with van der Waals surface area (Å²) in [6.07, 6.45) is 2.78. The van der Waals surface area contributed by atoms with Gasteiger partial charge in [0.1, 0.15) is 0 Å². The molecule has 0 aliphatic heterocycles. The summed E-state index contributed by atoms with van der Waals surface area (Å²) in [6, 6.07) is 9.47. The standard InChI is InChI=1S/C12H16BrN/c1-2-14(12-6-7-12)9-10-4-3-5-11(13)8-10/h3-5,8,12H,2,6-7,9H2,1H3. The average Bonchev–Trinajstić information content (AvgIpc) is 2.97. The third-order valence-corrected chi connectivity index (χ3v) is 3.24. The maximum atomic E-state index is 3.51. The molecule has 1 aromatic carbocycles. The highest BCUT2D eigenvalue weighted by atomic mass is 79.9. The first-order chi connectivity index (χ1) is 6.79. The average molecular weight is 254 g/mol. The van der Waals surface area contributed by atoms with Gasteiger partial charge in [0, 0.05) is 17.1 Å². The number of nitrogens with zero attached hydrogens (tertiary/aromatic N) is 1. The van der Waals surface area contributed by atoms with Crippen LogP contribution in [0, 0.1) is 0 Å². The van der Waals surface area contributed by atoms with Crippen LogP contribution in [0.2, 0.25) is 0 Å². The van der Waals surface area contributed by atoms with Gasteiger partial charge in [-0.3, -0.25) is 4.90 Å². The Bertz CT molecular complexity index is 307. The van der Waals surface area contributed by atoms with E-state index in [-0.39, 0.29) is 0 Å². The topological polar surface area (TPSA) is 3.24 Å². The lowest BCUT2D eigenvalue weighted by atomic mass is 10.2. The number of benzene rings is 1. The second kappa shape index (κ2) is 4.45. The highest BCUT2D eigenvalue weighted by molar-refractivity contribution is 9.10. The zero-order valence-corrected chi connectivity index (χ0v) is 10.1. The Hall–Kier alpha value is -0.340. The zero-order valence-electron chi connectivity index (χ0n) is 8.54. The molecule has 0 radical (unpaired) electrons. The van der Waals surface area contributed by atoms with E-state index in [1.54, 1.807) is 0 Å². The summed E-state index contributed by atoms with van der Waals surface area (Å²) in [6.45, 7) is 4.51. The molecule has 76 valence electrons. The summed E-state index contributed by atoms with van der Waals surface area (Å²) >= 11 is 3.51. The van der Waals surface area contributed by atoms with E-state index in [0.717, 1.165) is 19.1 Å². The monoisotopic (exact) mass is 253 g/mol. The van der Waals surface area contributed by atoms with Crippen LogP contribution >= 0.6 is 15.9 Å². The van der Waals surface area contributed by atoms with Crippen molar-refractivity contribution >= 4 is 15.9 Å². The maximum Gasteiger partial charge on any atom is 0.0236 e. The molecule has 1 nitrogen and oxygen atoms in total. The Balaban J connectivity index is 2.01. The van der Waals surface area contributed by atoms with Crippen molar-refractivity contribution in [2.45, 2.75) is 32.4 Å². The first-order valence-corrected chi connectivity index (χ1v) is 6.07. The van der Waals surface area contributed by atoms with Crippen molar-refractivity contribution in [3.05, 3.63) is 34.3 Å². The van der Waals surface area contributed by atoms with E-state index < -0.39 is 0 Å². The van der Waals surface area contributed by atoms with Crippen molar-refractivity contribution in [1.82, 2.24) is 4.90 Å². The van der Waals surface area contributed by atoms with Gasteiger partial charge in [-0.15, -0.1) is 0 Å². The van der Waals surface area contributed by atoms with Gasteiger partial charge in [-0.25, -0.2) is 0 Å². The molecule has 0 heterocycles. The Kier molecular flexibility index (Phi) is 3.24. The minimum absolute atomic E-state index is 0.860. The predicted molar refractivity (Wildman–Crippen MR) is 63.2 cm³/mol. The van der Waals surface area contributed by atoms with Crippen molar-refractivity contribution in [1.29, 1.82) is 0 Å². The lowest BCUT2D eigenvalue weighted by molar-refractivity contribution is 0.269. The Morgan fingerprint density at radius 2 is 2.21 bits per heavy atom. The van der Waals surface area contributed by atoms with Crippen LogP contribution in [0.15, 0.2) is 28.7 Å². The van der Waals surface area contributed by atoms with Crippen LogP contribution in [0.3, 0.4) is 0 Å². The molecule has 2 heteroatoms. The number of hydrogen-bond donors (Lipinski definition) is 0. The van der Waals surface area contributed by atoms with Gasteiger partial charge in [-0.1, -0.05) is 35.0 Å². The third kappa shape index (κ3) is 2.58. The van der Waals surface area contributed by atoms with Crippen molar-refractivity contribution in [3.63, 3.8) is 0 Å². The van der Waals surface area contributed by atoms with E-state index in [0.29, 0.717) is 0 Å². The van der Waals surface area contributed by atoms with Gasteiger partial charge in [-0.05, 0) is 37.1 Å². The fourth-order valence-electron chi connectivity index (χ4n) is 1.81. The molecule has 0 bridgehead atoms. The van der Waals surface area contributed by atoms with Crippen LogP contribution in [0.1, 0.15) is 25.3 Å². The largest absolute Gasteiger partial charge is 0.296 e. The summed E-state index contributed by atoms with van der Waals surface area (Å²) in [5.41, 5.74) is 1.41. The molecule has 1 aliphatic carbocycles. The number of hydrogen-bond acceptors (Lipinski definition) is 1. The number of rotatable bonds is 4. The third-order valence-electron chi connectivity index (χ3n) is 2.74. The molecule has 0 atom stereocenters. The van der Waals surface area contributed by atoms with E-state index in [2.05, 4.69) is 52.0 Å². The van der Waals surface area contributed by atoms with Gasteiger partial charge >= 0.3 is 0 Å². The molecule has 0 spiro atoms. The van der Waals surface area contributed by atoms with Crippen molar-refractivity contribution in [2.24, 2.45) is 0 Å². The van der Waals surface area contributed by atoms with Gasteiger partial charge in [0.2, 0.25) is 0 Å². The summed E-state index contributed by atoms with van der Waals surface area (Å²) in [7, 11) is 0. The molecule has 0 amide bonds. The molecular formula is C12H16BrN. The van der Waals surface area contributed by atoms with E-state index in [1.165, 1.54) is 22.9 Å². The highest BCUT2D eigenvalue weighted by Gasteiger charge is 2.27. The van der Waals surface area contributed by atoms with Gasteiger partial charge < -0.3 is 0 Å². The smallest absolute Gasteiger partial charge is 0.0236 e. The molecule has 0 unspecified atom stereocenters. The van der Waals surface area contributed by atoms with Crippen LogP contribution < -0.4 is 0 Å². The summed E-state index contributed by atoms with van der Waals surface area (Å²) in [5.74, 6) is 0. The lowest BCUT2D eigenvalue weighted by Crippen LogP contribution is -2.24. The number of halogens is 1. The highest BCUT2D eigenvalue weighted by Crippen LogP contribution is 2.28. The molecule has 0 aromatic heterocycles. The summed E-state index contributed by atoms with van der Waals surface area (Å²) in [5, 5.41) is 0. The van der Waals surface area contributed by atoms with Gasteiger partial charge in [0.05, 0.1) is 0 Å². The van der Waals surface area contributed by atoms with E-state index in [4.69, 9.17) is 0 Å². The van der Waals surface area contributed by atoms with Crippen molar-refractivity contribution < 1.29 is 0 Å². The first kappa shape index (κ1) is 10.2. The zero-order chi connectivity index (χ0) is 9.97. The molecule has 1 aromatic rings. The van der Waals surface area contributed by atoms with Crippen LogP contribution in [-0.2, 0) is 6.54 Å². The SMILES string of the molecule is CCN(Cc1cccc(Br)c1)C1CC1. The van der Waals surface area contributed by atoms with Crippen LogP contribution in [0.25, 0.3) is 0 Å². The summed E-state index contributed by atoms with van der Waals surface area (Å²) < 4.78 is 1.18. The predicted octanol–water partition coefficient (Wildman–Crippen LogP) is 3.43. The van der Waals surface area contributed by atoms with Gasteiger partial charge in [0.15, 0.2) is 0 Å². The molecule has 1 aliphatic rings. The normalized spacial score (nSPS) is 16.2. The van der Waals surface area contributed by atoms with Gasteiger partial charge in [-0.2, -0.15) is 0 Å². The maximum absolute atomic E-state index is 3.51.